The van der Waals surface area contributed by atoms with Crippen LogP contribution in [-0.4, -0.2) is 61.6 Å². The third-order valence-electron chi connectivity index (χ3n) is 8.59. The SMILES string of the molecule is CN1C(C)(C)CC(Nc2nc(NC3=CCC45C(=C3)OC(=O)N4C5C3CC3)ncc2F)CC1(C)C. The molecule has 0 aromatic carbocycles. The van der Waals surface area contributed by atoms with E-state index in [1.165, 1.54) is 19.0 Å². The normalized spacial score (nSPS) is 31.8. The number of likely N-dealkylation sites (tertiary alicyclic amines) is 1. The minimum Gasteiger partial charge on any atom is -0.412 e. The van der Waals surface area contributed by atoms with Gasteiger partial charge in [-0.1, -0.05) is 6.08 Å². The third-order valence-corrected chi connectivity index (χ3v) is 8.59. The highest BCUT2D eigenvalue weighted by atomic mass is 19.1. The molecule has 2 atom stereocenters. The number of rotatable bonds is 5. The summed E-state index contributed by atoms with van der Waals surface area (Å²) in [6, 6.07) is 0.367. The summed E-state index contributed by atoms with van der Waals surface area (Å²) in [6.07, 6.45) is 9.71. The highest BCUT2D eigenvalue weighted by Crippen LogP contribution is 2.63. The Morgan fingerprint density at radius 3 is 2.56 bits per heavy atom. The van der Waals surface area contributed by atoms with Crippen LogP contribution >= 0.6 is 0 Å². The molecule has 182 valence electrons. The number of allylic oxidation sites excluding steroid dienone is 1. The molecule has 5 aliphatic rings. The highest BCUT2D eigenvalue weighted by molar-refractivity contribution is 5.82. The van der Waals surface area contributed by atoms with Gasteiger partial charge < -0.3 is 15.4 Å². The van der Waals surface area contributed by atoms with Crippen LogP contribution in [0.15, 0.2) is 29.8 Å². The molecule has 2 aliphatic carbocycles. The molecule has 8 nitrogen and oxygen atoms in total. The predicted molar refractivity (Wildman–Crippen MR) is 127 cm³/mol. The molecule has 9 heteroatoms. The number of ether oxygens (including phenoxy) is 1. The maximum atomic E-state index is 14.6. The largest absolute Gasteiger partial charge is 0.416 e. The van der Waals surface area contributed by atoms with Crippen molar-refractivity contribution in [3.63, 3.8) is 0 Å². The van der Waals surface area contributed by atoms with E-state index in [1.54, 1.807) is 0 Å². The van der Waals surface area contributed by atoms with Gasteiger partial charge in [-0.05, 0) is 66.3 Å². The fraction of sp³-hybridized carbons (Fsp3) is 0.640. The number of carbonyl (C=O) groups is 1. The standard InChI is InChI=1S/C25H33FN6O2/c1-23(2)11-16(12-24(3,4)31(23)5)28-20-17(26)13-27-21(30-20)29-15-8-9-25-18(10-15)34-22(33)32(25)19(25)14-6-7-14/h8,10,13-14,16,19H,6-7,9,11-12H2,1-5H3,(H2,27,28,29,30). The Morgan fingerprint density at radius 1 is 1.18 bits per heavy atom. The fourth-order valence-corrected chi connectivity index (χ4v) is 6.49. The molecule has 3 aliphatic heterocycles. The van der Waals surface area contributed by atoms with Crippen molar-refractivity contribution in [2.75, 3.05) is 17.7 Å². The molecule has 1 aromatic heterocycles. The molecule has 2 N–H and O–H groups in total. The number of halogens is 1. The van der Waals surface area contributed by atoms with Crippen LogP contribution in [0, 0.1) is 11.7 Å². The Labute approximate surface area is 199 Å². The van der Waals surface area contributed by atoms with Gasteiger partial charge in [-0.2, -0.15) is 4.98 Å². The maximum Gasteiger partial charge on any atom is 0.416 e. The van der Waals surface area contributed by atoms with Gasteiger partial charge in [-0.15, -0.1) is 0 Å². The van der Waals surface area contributed by atoms with Gasteiger partial charge in [0.1, 0.15) is 11.3 Å². The summed E-state index contributed by atoms with van der Waals surface area (Å²) < 4.78 is 20.2. The number of hydrogen-bond acceptors (Lipinski definition) is 7. The molecular weight excluding hydrogens is 435 g/mol. The minimum absolute atomic E-state index is 0.0210. The van der Waals surface area contributed by atoms with Gasteiger partial charge in [0.15, 0.2) is 11.6 Å². The average Bonchev–Trinajstić information content (AvgIpc) is 3.64. The second-order valence-corrected chi connectivity index (χ2v) is 11.8. The lowest BCUT2D eigenvalue weighted by Gasteiger charge is -2.53. The summed E-state index contributed by atoms with van der Waals surface area (Å²) >= 11 is 0. The molecule has 3 saturated heterocycles. The Morgan fingerprint density at radius 2 is 1.88 bits per heavy atom. The van der Waals surface area contributed by atoms with Crippen molar-refractivity contribution in [3.8, 4) is 0 Å². The van der Waals surface area contributed by atoms with E-state index in [4.69, 9.17) is 4.74 Å². The Balaban J connectivity index is 1.18. The topological polar surface area (TPSA) is 82.4 Å². The molecule has 34 heavy (non-hydrogen) atoms. The smallest absolute Gasteiger partial charge is 0.412 e. The Bertz CT molecular complexity index is 1110. The summed E-state index contributed by atoms with van der Waals surface area (Å²) in [7, 11) is 2.15. The van der Waals surface area contributed by atoms with Crippen LogP contribution in [0.4, 0.5) is 21.0 Å². The van der Waals surface area contributed by atoms with Gasteiger partial charge in [0, 0.05) is 35.3 Å². The first kappa shape index (κ1) is 21.8. The second-order valence-electron chi connectivity index (χ2n) is 11.8. The molecule has 4 fully saturated rings. The molecule has 1 spiro atoms. The van der Waals surface area contributed by atoms with Crippen LogP contribution in [0.1, 0.15) is 59.8 Å². The van der Waals surface area contributed by atoms with Gasteiger partial charge in [-0.25, -0.2) is 14.2 Å². The summed E-state index contributed by atoms with van der Waals surface area (Å²) in [5.74, 6) is 1.35. The maximum absolute atomic E-state index is 14.6. The molecule has 1 amide bonds. The van der Waals surface area contributed by atoms with Crippen LogP contribution in [0.2, 0.25) is 0 Å². The van der Waals surface area contributed by atoms with E-state index in [9.17, 15) is 9.18 Å². The lowest BCUT2D eigenvalue weighted by Crippen LogP contribution is -2.61. The van der Waals surface area contributed by atoms with Crippen LogP contribution in [0.25, 0.3) is 0 Å². The first-order chi connectivity index (χ1) is 16.0. The summed E-state index contributed by atoms with van der Waals surface area (Å²) in [6.45, 7) is 8.86. The molecule has 0 bridgehead atoms. The van der Waals surface area contributed by atoms with Crippen molar-refractivity contribution >= 4 is 17.9 Å². The van der Waals surface area contributed by atoms with E-state index < -0.39 is 5.82 Å². The Hall–Kier alpha value is -2.68. The number of carbonyl (C=O) groups excluding carboxylic acids is 1. The lowest BCUT2D eigenvalue weighted by molar-refractivity contribution is -0.00778. The number of aromatic nitrogens is 2. The van der Waals surface area contributed by atoms with Crippen LogP contribution in [0.5, 0.6) is 0 Å². The molecular formula is C25H33FN6O2. The third kappa shape index (κ3) is 3.23. The zero-order valence-corrected chi connectivity index (χ0v) is 20.5. The summed E-state index contributed by atoms with van der Waals surface area (Å²) in [5, 5.41) is 6.52. The van der Waals surface area contributed by atoms with Crippen molar-refractivity contribution in [1.29, 1.82) is 0 Å². The van der Waals surface area contributed by atoms with Crippen LogP contribution in [0.3, 0.4) is 0 Å². The summed E-state index contributed by atoms with van der Waals surface area (Å²) in [4.78, 5) is 25.2. The molecule has 2 unspecified atom stereocenters. The monoisotopic (exact) mass is 468 g/mol. The second kappa shape index (κ2) is 6.93. The van der Waals surface area contributed by atoms with E-state index in [1.807, 2.05) is 11.0 Å². The van der Waals surface area contributed by atoms with Crippen LogP contribution < -0.4 is 10.6 Å². The van der Waals surface area contributed by atoms with Crippen molar-refractivity contribution in [2.45, 2.75) is 88.5 Å². The minimum atomic E-state index is -0.472. The van der Waals surface area contributed by atoms with Gasteiger partial charge >= 0.3 is 6.09 Å². The first-order valence-corrected chi connectivity index (χ1v) is 12.2. The van der Waals surface area contributed by atoms with Crippen molar-refractivity contribution in [2.24, 2.45) is 5.92 Å². The lowest BCUT2D eigenvalue weighted by atomic mass is 9.77. The van der Waals surface area contributed by atoms with Gasteiger partial charge in [-0.3, -0.25) is 9.80 Å². The van der Waals surface area contributed by atoms with Crippen LogP contribution in [-0.2, 0) is 4.74 Å². The first-order valence-electron chi connectivity index (χ1n) is 12.2. The number of amides is 1. The van der Waals surface area contributed by atoms with Crippen molar-refractivity contribution in [3.05, 3.63) is 35.6 Å². The molecule has 0 radical (unpaired) electrons. The molecule has 1 aromatic rings. The van der Waals surface area contributed by atoms with Gasteiger partial charge in [0.05, 0.1) is 12.2 Å². The van der Waals surface area contributed by atoms with E-state index in [-0.39, 0.29) is 40.6 Å². The number of nitrogens with zero attached hydrogens (tertiary/aromatic N) is 4. The number of nitrogens with one attached hydrogen (secondary N) is 2. The quantitative estimate of drug-likeness (QED) is 0.626. The van der Waals surface area contributed by atoms with Crippen molar-refractivity contribution < 1.29 is 13.9 Å². The Kier molecular flexibility index (Phi) is 4.45. The zero-order valence-electron chi connectivity index (χ0n) is 20.5. The molecule has 6 rings (SSSR count). The van der Waals surface area contributed by atoms with E-state index in [0.29, 0.717) is 24.0 Å². The molecule has 1 saturated carbocycles. The van der Waals surface area contributed by atoms with Gasteiger partial charge in [0.2, 0.25) is 5.95 Å². The van der Waals surface area contributed by atoms with E-state index in [0.717, 1.165) is 18.5 Å². The van der Waals surface area contributed by atoms with E-state index in [2.05, 4.69) is 66.3 Å². The van der Waals surface area contributed by atoms with E-state index >= 15 is 0 Å². The number of hydrogen-bond donors (Lipinski definition) is 2. The number of piperidine rings is 1. The van der Waals surface area contributed by atoms with Gasteiger partial charge in [0.25, 0.3) is 0 Å². The average molecular weight is 469 g/mol. The van der Waals surface area contributed by atoms with Crippen molar-refractivity contribution in [1.82, 2.24) is 19.8 Å². The highest BCUT2D eigenvalue weighted by Gasteiger charge is 2.76. The fourth-order valence-electron chi connectivity index (χ4n) is 6.49. The number of anilines is 2. The predicted octanol–water partition coefficient (Wildman–Crippen LogP) is 4.25. The molecule has 4 heterocycles. The zero-order chi connectivity index (χ0) is 24.0. The summed E-state index contributed by atoms with van der Waals surface area (Å²) in [5.41, 5.74) is 0.434.